The molecule has 3 unspecified atom stereocenters. The van der Waals surface area contributed by atoms with Crippen molar-refractivity contribution in [3.63, 3.8) is 0 Å². The standard InChI is InChI=1S/C22H24BrF3N2O5S/c23-13-1-2-19(17(9-13)22(24,25)26)34(30,31)15-10-16(20(29)28-21(12-27)5-6-21)18(11-15)33-14-3-7-32-8-4-14/h1-2,9,14-16,18H,3-8,10-11H2,(H,28,29). The van der Waals surface area contributed by atoms with E-state index in [4.69, 9.17) is 9.47 Å². The van der Waals surface area contributed by atoms with Crippen molar-refractivity contribution in [1.29, 1.82) is 5.26 Å². The Bertz CT molecular complexity index is 1090. The van der Waals surface area contributed by atoms with Crippen LogP contribution in [0.4, 0.5) is 13.2 Å². The molecule has 0 bridgehead atoms. The highest BCUT2D eigenvalue weighted by Gasteiger charge is 2.51. The monoisotopic (exact) mass is 564 g/mol. The minimum absolute atomic E-state index is 0.106. The van der Waals surface area contributed by atoms with E-state index in [2.05, 4.69) is 27.3 Å². The third kappa shape index (κ3) is 5.27. The molecule has 3 fully saturated rings. The first-order valence-electron chi connectivity index (χ1n) is 11.0. The zero-order valence-electron chi connectivity index (χ0n) is 18.1. The lowest BCUT2D eigenvalue weighted by Gasteiger charge is -2.28. The Kier molecular flexibility index (Phi) is 7.03. The predicted octanol–water partition coefficient (Wildman–Crippen LogP) is 3.76. The average molecular weight is 565 g/mol. The van der Waals surface area contributed by atoms with E-state index >= 15 is 0 Å². The van der Waals surface area contributed by atoms with E-state index in [-0.39, 0.29) is 23.4 Å². The minimum Gasteiger partial charge on any atom is -0.381 e. The lowest BCUT2D eigenvalue weighted by molar-refractivity contribution is -0.140. The Hall–Kier alpha value is -1.68. The summed E-state index contributed by atoms with van der Waals surface area (Å²) < 4.78 is 79.3. The SMILES string of the molecule is N#CC1(NC(=O)C2CC(S(=O)(=O)c3ccc(Br)cc3C(F)(F)F)CC2OC2CCOCC2)CC1. The van der Waals surface area contributed by atoms with Gasteiger partial charge in [0.1, 0.15) is 5.54 Å². The van der Waals surface area contributed by atoms with Crippen LogP contribution in [0.25, 0.3) is 0 Å². The van der Waals surface area contributed by atoms with Gasteiger partial charge in [0.25, 0.3) is 0 Å². The molecule has 1 saturated heterocycles. The maximum atomic E-state index is 13.7. The maximum absolute atomic E-state index is 13.7. The fraction of sp³-hybridized carbons (Fsp3) is 0.636. The van der Waals surface area contributed by atoms with Crippen molar-refractivity contribution >= 4 is 31.7 Å². The molecule has 12 heteroatoms. The Morgan fingerprint density at radius 3 is 2.50 bits per heavy atom. The van der Waals surface area contributed by atoms with Crippen LogP contribution in [-0.2, 0) is 30.3 Å². The van der Waals surface area contributed by atoms with E-state index in [9.17, 15) is 31.6 Å². The highest BCUT2D eigenvalue weighted by Crippen LogP contribution is 2.43. The molecular weight excluding hydrogens is 541 g/mol. The first kappa shape index (κ1) is 25.4. The van der Waals surface area contributed by atoms with Crippen LogP contribution in [0, 0.1) is 17.2 Å². The number of sulfone groups is 1. The van der Waals surface area contributed by atoms with E-state index in [0.717, 1.165) is 12.1 Å². The van der Waals surface area contributed by atoms with Crippen LogP contribution < -0.4 is 5.32 Å². The van der Waals surface area contributed by atoms with Crippen molar-refractivity contribution in [2.45, 2.75) is 72.6 Å². The summed E-state index contributed by atoms with van der Waals surface area (Å²) in [6, 6.07) is 5.00. The highest BCUT2D eigenvalue weighted by atomic mass is 79.9. The zero-order chi connectivity index (χ0) is 24.7. The van der Waals surface area contributed by atoms with Crippen molar-refractivity contribution in [3.8, 4) is 6.07 Å². The molecule has 0 radical (unpaired) electrons. The lowest BCUT2D eigenvalue weighted by atomic mass is 10.0. The molecule has 0 aromatic heterocycles. The number of hydrogen-bond donors (Lipinski definition) is 1. The summed E-state index contributed by atoms with van der Waals surface area (Å²) in [6.45, 7) is 0.947. The molecule has 34 heavy (non-hydrogen) atoms. The van der Waals surface area contributed by atoms with Gasteiger partial charge in [-0.2, -0.15) is 18.4 Å². The van der Waals surface area contributed by atoms with Crippen LogP contribution in [-0.4, -0.2) is 50.5 Å². The summed E-state index contributed by atoms with van der Waals surface area (Å²) >= 11 is 2.97. The van der Waals surface area contributed by atoms with Gasteiger partial charge < -0.3 is 14.8 Å². The fourth-order valence-corrected chi connectivity index (χ4v) is 6.93. The number of halogens is 4. The Morgan fingerprint density at radius 1 is 1.24 bits per heavy atom. The van der Waals surface area contributed by atoms with Gasteiger partial charge in [0.15, 0.2) is 9.84 Å². The molecule has 4 rings (SSSR count). The van der Waals surface area contributed by atoms with E-state index in [1.54, 1.807) is 0 Å². The quantitative estimate of drug-likeness (QED) is 0.564. The van der Waals surface area contributed by atoms with Crippen molar-refractivity contribution in [3.05, 3.63) is 28.2 Å². The molecule has 1 heterocycles. The molecule has 1 aromatic carbocycles. The van der Waals surface area contributed by atoms with Gasteiger partial charge in [-0.05, 0) is 56.7 Å². The molecule has 1 N–H and O–H groups in total. The molecule has 1 aromatic rings. The van der Waals surface area contributed by atoms with Gasteiger partial charge in [0.05, 0.1) is 39.9 Å². The topological polar surface area (TPSA) is 105 Å². The second-order valence-electron chi connectivity index (χ2n) is 9.05. The first-order chi connectivity index (χ1) is 15.9. The van der Waals surface area contributed by atoms with Gasteiger partial charge >= 0.3 is 6.18 Å². The van der Waals surface area contributed by atoms with Crippen LogP contribution in [0.2, 0.25) is 0 Å². The highest BCUT2D eigenvalue weighted by molar-refractivity contribution is 9.10. The van der Waals surface area contributed by atoms with Crippen LogP contribution in [0.1, 0.15) is 44.1 Å². The maximum Gasteiger partial charge on any atom is 0.417 e. The van der Waals surface area contributed by atoms with Gasteiger partial charge in [0, 0.05) is 17.7 Å². The summed E-state index contributed by atoms with van der Waals surface area (Å²) in [6.07, 6.45) is -4.02. The van der Waals surface area contributed by atoms with Gasteiger partial charge in [-0.25, -0.2) is 8.42 Å². The largest absolute Gasteiger partial charge is 0.417 e. The number of rotatable bonds is 6. The van der Waals surface area contributed by atoms with Gasteiger partial charge in [-0.3, -0.25) is 4.79 Å². The Morgan fingerprint density at radius 2 is 1.91 bits per heavy atom. The molecule has 186 valence electrons. The third-order valence-corrected chi connectivity index (χ3v) is 9.38. The molecule has 7 nitrogen and oxygen atoms in total. The van der Waals surface area contributed by atoms with E-state index < -0.39 is 55.2 Å². The number of ether oxygens (including phenoxy) is 2. The van der Waals surface area contributed by atoms with Gasteiger partial charge in [0.2, 0.25) is 5.91 Å². The summed E-state index contributed by atoms with van der Waals surface area (Å²) in [5, 5.41) is 10.8. The summed E-state index contributed by atoms with van der Waals surface area (Å²) in [5.41, 5.74) is -2.20. The second-order valence-corrected chi connectivity index (χ2v) is 12.2. The van der Waals surface area contributed by atoms with Crippen molar-refractivity contribution in [1.82, 2.24) is 5.32 Å². The normalized spacial score (nSPS) is 27.2. The van der Waals surface area contributed by atoms with Crippen LogP contribution in [0.5, 0.6) is 0 Å². The third-order valence-electron chi connectivity index (χ3n) is 6.65. The van der Waals surface area contributed by atoms with E-state index in [1.807, 2.05) is 0 Å². The molecular formula is C22H24BrF3N2O5S. The Balaban J connectivity index is 1.62. The minimum atomic E-state index is -4.87. The molecule has 1 amide bonds. The molecule has 3 atom stereocenters. The van der Waals surface area contributed by atoms with Crippen LogP contribution in [0.15, 0.2) is 27.6 Å². The van der Waals surface area contributed by atoms with Gasteiger partial charge in [-0.15, -0.1) is 0 Å². The number of nitriles is 1. The van der Waals surface area contributed by atoms with Crippen molar-refractivity contribution in [2.75, 3.05) is 13.2 Å². The fourth-order valence-electron chi connectivity index (χ4n) is 4.56. The van der Waals surface area contributed by atoms with E-state index in [1.165, 1.54) is 6.07 Å². The molecule has 1 aliphatic heterocycles. The number of carbonyl (C=O) groups excluding carboxylic acids is 1. The number of nitrogens with one attached hydrogen (secondary N) is 1. The Labute approximate surface area is 204 Å². The summed E-state index contributed by atoms with van der Waals surface area (Å²) in [7, 11) is -4.43. The number of alkyl halides is 3. The van der Waals surface area contributed by atoms with Gasteiger partial charge in [-0.1, -0.05) is 15.9 Å². The molecule has 0 spiro atoms. The molecule has 3 aliphatic rings. The van der Waals surface area contributed by atoms with Crippen LogP contribution in [0.3, 0.4) is 0 Å². The molecule has 2 aliphatic carbocycles. The van der Waals surface area contributed by atoms with Crippen molar-refractivity contribution < 1.29 is 35.9 Å². The number of hydrogen-bond acceptors (Lipinski definition) is 6. The zero-order valence-corrected chi connectivity index (χ0v) is 20.5. The first-order valence-corrected chi connectivity index (χ1v) is 13.4. The lowest BCUT2D eigenvalue weighted by Crippen LogP contribution is -2.43. The number of benzene rings is 1. The van der Waals surface area contributed by atoms with E-state index in [0.29, 0.717) is 38.9 Å². The smallest absolute Gasteiger partial charge is 0.381 e. The summed E-state index contributed by atoms with van der Waals surface area (Å²) in [5.74, 6) is -1.39. The number of carbonyl (C=O) groups is 1. The van der Waals surface area contributed by atoms with Crippen LogP contribution >= 0.6 is 15.9 Å². The second kappa shape index (κ2) is 9.41. The molecule has 2 saturated carbocycles. The number of amides is 1. The predicted molar refractivity (Wildman–Crippen MR) is 117 cm³/mol. The van der Waals surface area contributed by atoms with Crippen molar-refractivity contribution in [2.24, 2.45) is 5.92 Å². The average Bonchev–Trinajstić information content (AvgIpc) is 3.42. The number of nitrogens with zero attached hydrogens (tertiary/aromatic N) is 1. The summed E-state index contributed by atoms with van der Waals surface area (Å²) in [4.78, 5) is 12.2.